The van der Waals surface area contributed by atoms with Crippen molar-refractivity contribution in [1.82, 2.24) is 20.9 Å². The number of para-hydroxylation sites is 1. The molecule has 1 aromatic heterocycles. The number of carbonyl (C=O) groups is 2. The van der Waals surface area contributed by atoms with Crippen LogP contribution in [0.2, 0.25) is 0 Å². The van der Waals surface area contributed by atoms with E-state index < -0.39 is 6.09 Å². The van der Waals surface area contributed by atoms with Crippen molar-refractivity contribution in [3.05, 3.63) is 35.9 Å². The molecule has 0 bridgehead atoms. The maximum Gasteiger partial charge on any atom is 0.404 e. The molecule has 1 saturated heterocycles. The fourth-order valence-corrected chi connectivity index (χ4v) is 4.61. The minimum Gasteiger partial charge on any atom is -0.465 e. The number of fused-ring (bicyclic) bond motifs is 1. The maximum absolute atomic E-state index is 13.1. The largest absolute Gasteiger partial charge is 0.465 e. The summed E-state index contributed by atoms with van der Waals surface area (Å²) in [6.07, 6.45) is 3.04. The van der Waals surface area contributed by atoms with Gasteiger partial charge in [0.15, 0.2) is 0 Å². The summed E-state index contributed by atoms with van der Waals surface area (Å²) < 4.78 is 0. The van der Waals surface area contributed by atoms with Gasteiger partial charge in [0.2, 0.25) is 0 Å². The number of piperazine rings is 1. The van der Waals surface area contributed by atoms with Gasteiger partial charge in [-0.05, 0) is 49.7 Å². The molecule has 0 spiro atoms. The topological polar surface area (TPSA) is 107 Å². The Kier molecular flexibility index (Phi) is 6.86. The van der Waals surface area contributed by atoms with Crippen molar-refractivity contribution in [2.24, 2.45) is 11.8 Å². The average Bonchev–Trinajstić information content (AvgIpc) is 2.81. The van der Waals surface area contributed by atoms with E-state index in [0.717, 1.165) is 68.6 Å². The second-order valence-electron chi connectivity index (χ2n) is 8.57. The van der Waals surface area contributed by atoms with Crippen LogP contribution in [0, 0.1) is 11.8 Å². The summed E-state index contributed by atoms with van der Waals surface area (Å²) in [6.45, 7) is 4.77. The molecule has 4 N–H and O–H groups in total. The third kappa shape index (κ3) is 5.44. The highest BCUT2D eigenvalue weighted by molar-refractivity contribution is 6.07. The first-order valence-electron chi connectivity index (χ1n) is 11.2. The van der Waals surface area contributed by atoms with Crippen molar-refractivity contribution in [3.63, 3.8) is 0 Å². The fourth-order valence-electron chi connectivity index (χ4n) is 4.61. The first kappa shape index (κ1) is 21.4. The number of nitrogens with zero attached hydrogens (tertiary/aromatic N) is 2. The van der Waals surface area contributed by atoms with Crippen LogP contribution in [0.1, 0.15) is 36.0 Å². The first-order valence-corrected chi connectivity index (χ1v) is 11.2. The highest BCUT2D eigenvalue weighted by Crippen LogP contribution is 2.28. The summed E-state index contributed by atoms with van der Waals surface area (Å²) in [4.78, 5) is 30.8. The Morgan fingerprint density at radius 2 is 1.68 bits per heavy atom. The number of carboxylic acid groups (broad SMARTS) is 1. The number of anilines is 1. The lowest BCUT2D eigenvalue weighted by atomic mass is 9.82. The second kappa shape index (κ2) is 9.96. The molecule has 2 fully saturated rings. The zero-order valence-corrected chi connectivity index (χ0v) is 17.8. The van der Waals surface area contributed by atoms with Crippen LogP contribution in [0.25, 0.3) is 10.9 Å². The molecule has 166 valence electrons. The molecule has 2 amide bonds. The lowest BCUT2D eigenvalue weighted by molar-refractivity contribution is 0.0942. The van der Waals surface area contributed by atoms with E-state index in [4.69, 9.17) is 10.1 Å². The average molecular weight is 426 g/mol. The molecule has 0 unspecified atom stereocenters. The van der Waals surface area contributed by atoms with Crippen LogP contribution in [0.15, 0.2) is 30.3 Å². The Balaban J connectivity index is 1.40. The molecule has 0 atom stereocenters. The quantitative estimate of drug-likeness (QED) is 0.566. The van der Waals surface area contributed by atoms with Gasteiger partial charge in [0.25, 0.3) is 5.91 Å². The van der Waals surface area contributed by atoms with E-state index in [1.54, 1.807) is 0 Å². The molecule has 1 saturated carbocycles. The van der Waals surface area contributed by atoms with Crippen LogP contribution in [0.4, 0.5) is 10.6 Å². The highest BCUT2D eigenvalue weighted by Gasteiger charge is 2.23. The summed E-state index contributed by atoms with van der Waals surface area (Å²) in [6, 6.07) is 9.75. The van der Waals surface area contributed by atoms with E-state index in [0.29, 0.717) is 30.5 Å². The van der Waals surface area contributed by atoms with Crippen molar-refractivity contribution in [2.45, 2.75) is 25.7 Å². The summed E-state index contributed by atoms with van der Waals surface area (Å²) in [5.41, 5.74) is 1.52. The third-order valence-electron chi connectivity index (χ3n) is 6.45. The Morgan fingerprint density at radius 1 is 1.03 bits per heavy atom. The van der Waals surface area contributed by atoms with Gasteiger partial charge in [0.1, 0.15) is 5.82 Å². The van der Waals surface area contributed by atoms with E-state index in [-0.39, 0.29) is 5.91 Å². The van der Waals surface area contributed by atoms with Gasteiger partial charge in [0.05, 0.1) is 11.1 Å². The monoisotopic (exact) mass is 425 g/mol. The van der Waals surface area contributed by atoms with Crippen molar-refractivity contribution < 1.29 is 14.7 Å². The minimum absolute atomic E-state index is 0.0512. The summed E-state index contributed by atoms with van der Waals surface area (Å²) in [7, 11) is 0. The van der Waals surface area contributed by atoms with Crippen LogP contribution in [-0.2, 0) is 0 Å². The Labute approximate surface area is 182 Å². The molecule has 31 heavy (non-hydrogen) atoms. The molecule has 2 aromatic rings. The highest BCUT2D eigenvalue weighted by atomic mass is 16.4. The van der Waals surface area contributed by atoms with Crippen LogP contribution in [0.5, 0.6) is 0 Å². The molecular weight excluding hydrogens is 394 g/mol. The number of nitrogens with one attached hydrogen (secondary N) is 3. The predicted octanol–water partition coefficient (Wildman–Crippen LogP) is 2.45. The molecule has 2 heterocycles. The van der Waals surface area contributed by atoms with E-state index in [1.165, 1.54) is 0 Å². The lowest BCUT2D eigenvalue weighted by Crippen LogP contribution is -2.44. The van der Waals surface area contributed by atoms with E-state index in [9.17, 15) is 9.59 Å². The molecule has 1 aromatic carbocycles. The van der Waals surface area contributed by atoms with Crippen LogP contribution in [-0.4, -0.2) is 61.4 Å². The zero-order chi connectivity index (χ0) is 21.6. The third-order valence-corrected chi connectivity index (χ3v) is 6.45. The van der Waals surface area contributed by atoms with Gasteiger partial charge < -0.3 is 26.0 Å². The molecule has 1 aliphatic carbocycles. The number of rotatable bonds is 6. The Morgan fingerprint density at radius 3 is 2.35 bits per heavy atom. The molecule has 8 nitrogen and oxygen atoms in total. The molecule has 2 aliphatic rings. The number of hydrogen-bond donors (Lipinski definition) is 4. The Hall–Kier alpha value is -2.87. The molecule has 1 aliphatic heterocycles. The van der Waals surface area contributed by atoms with Crippen LogP contribution < -0.4 is 20.9 Å². The van der Waals surface area contributed by atoms with Crippen LogP contribution in [0.3, 0.4) is 0 Å². The number of pyridine rings is 1. The van der Waals surface area contributed by atoms with Gasteiger partial charge in [-0.15, -0.1) is 0 Å². The van der Waals surface area contributed by atoms with Gasteiger partial charge >= 0.3 is 6.09 Å². The van der Waals surface area contributed by atoms with Crippen molar-refractivity contribution in [1.29, 1.82) is 0 Å². The first-order chi connectivity index (χ1) is 15.1. The van der Waals surface area contributed by atoms with E-state index >= 15 is 0 Å². The number of benzene rings is 1. The van der Waals surface area contributed by atoms with Crippen molar-refractivity contribution in [3.8, 4) is 0 Å². The maximum atomic E-state index is 13.1. The zero-order valence-electron chi connectivity index (χ0n) is 17.8. The molecule has 0 radical (unpaired) electrons. The van der Waals surface area contributed by atoms with Crippen molar-refractivity contribution >= 4 is 28.7 Å². The standard InChI is InChI=1S/C23H31N5O3/c29-22(25-14-16-5-7-17(8-6-16)15-26-23(30)31)19-13-21(28-11-9-24-10-12-28)27-20-4-2-1-3-18(19)20/h1-4,13,16-17,24,26H,5-12,14-15H2,(H,25,29)(H,30,31). The van der Waals surface area contributed by atoms with Gasteiger partial charge in [-0.1, -0.05) is 18.2 Å². The number of aromatic nitrogens is 1. The molecule has 4 rings (SSSR count). The summed E-state index contributed by atoms with van der Waals surface area (Å²) in [5.74, 6) is 1.64. The van der Waals surface area contributed by atoms with E-state index in [2.05, 4.69) is 20.9 Å². The SMILES string of the molecule is O=C(O)NCC1CCC(CNC(=O)c2cc(N3CCNCC3)nc3ccccc23)CC1. The lowest BCUT2D eigenvalue weighted by Gasteiger charge is -2.29. The number of hydrogen-bond acceptors (Lipinski definition) is 5. The minimum atomic E-state index is -0.959. The van der Waals surface area contributed by atoms with Gasteiger partial charge in [-0.25, -0.2) is 9.78 Å². The van der Waals surface area contributed by atoms with Gasteiger partial charge in [-0.3, -0.25) is 4.79 Å². The van der Waals surface area contributed by atoms with Gasteiger partial charge in [-0.2, -0.15) is 0 Å². The van der Waals surface area contributed by atoms with Gasteiger partial charge in [0, 0.05) is 44.7 Å². The molecular formula is C23H31N5O3. The van der Waals surface area contributed by atoms with Crippen LogP contribution >= 0.6 is 0 Å². The van der Waals surface area contributed by atoms with Crippen molar-refractivity contribution in [2.75, 3.05) is 44.2 Å². The second-order valence-corrected chi connectivity index (χ2v) is 8.57. The molecule has 8 heteroatoms. The summed E-state index contributed by atoms with van der Waals surface area (Å²) >= 11 is 0. The summed E-state index contributed by atoms with van der Waals surface area (Å²) in [5, 5.41) is 18.6. The number of amides is 2. The fraction of sp³-hybridized carbons (Fsp3) is 0.522. The number of carbonyl (C=O) groups excluding carboxylic acids is 1. The smallest absolute Gasteiger partial charge is 0.404 e. The Bertz CT molecular complexity index is 921. The predicted molar refractivity (Wildman–Crippen MR) is 121 cm³/mol. The normalized spacial score (nSPS) is 21.6. The van der Waals surface area contributed by atoms with E-state index in [1.807, 2.05) is 30.3 Å².